The molecule has 206 valence electrons. The molecule has 0 unspecified atom stereocenters. The Bertz CT molecular complexity index is 1470. The number of fused-ring (bicyclic) bond motifs is 1. The maximum atomic E-state index is 13.6. The van der Waals surface area contributed by atoms with E-state index in [4.69, 9.17) is 10.5 Å². The first-order valence-corrected chi connectivity index (χ1v) is 13.3. The summed E-state index contributed by atoms with van der Waals surface area (Å²) in [6.07, 6.45) is 3.93. The average molecular weight is 540 g/mol. The van der Waals surface area contributed by atoms with Gasteiger partial charge in [0.05, 0.1) is 26.0 Å². The zero-order valence-corrected chi connectivity index (χ0v) is 21.7. The minimum atomic E-state index is -2.51. The SMILES string of the molecule is COc1cc(C(=O)N2CC3(CC(O)C3)C2)ccc1Cn1ncc2nc(N)nc(NCC3CC4(C3)CC4(F)F)c21. The van der Waals surface area contributed by atoms with Crippen molar-refractivity contribution >= 4 is 28.7 Å². The molecule has 3 heterocycles. The Morgan fingerprint density at radius 3 is 2.64 bits per heavy atom. The van der Waals surface area contributed by atoms with Crippen LogP contribution in [0.25, 0.3) is 11.0 Å². The van der Waals surface area contributed by atoms with E-state index in [0.29, 0.717) is 67.2 Å². The van der Waals surface area contributed by atoms with Crippen molar-refractivity contribution < 1.29 is 23.4 Å². The number of amides is 1. The Labute approximate surface area is 223 Å². The number of halogens is 2. The van der Waals surface area contributed by atoms with E-state index in [1.165, 1.54) is 0 Å². The number of rotatable bonds is 7. The normalized spacial score (nSPS) is 23.8. The van der Waals surface area contributed by atoms with Crippen molar-refractivity contribution in [3.05, 3.63) is 35.5 Å². The van der Waals surface area contributed by atoms with Crippen LogP contribution in [0.5, 0.6) is 5.75 Å². The lowest BCUT2D eigenvalue weighted by Gasteiger charge is -2.57. The van der Waals surface area contributed by atoms with Crippen molar-refractivity contribution in [1.82, 2.24) is 24.6 Å². The number of alkyl halides is 2. The summed E-state index contributed by atoms with van der Waals surface area (Å²) in [6.45, 7) is 2.21. The number of methoxy groups -OCH3 is 1. The third-order valence-electron chi connectivity index (χ3n) is 9.17. The van der Waals surface area contributed by atoms with Gasteiger partial charge in [-0.25, -0.2) is 13.8 Å². The minimum Gasteiger partial charge on any atom is -0.496 e. The van der Waals surface area contributed by atoms with Gasteiger partial charge < -0.3 is 25.8 Å². The molecule has 4 N–H and O–H groups in total. The number of likely N-dealkylation sites (tertiary alicyclic amines) is 1. The van der Waals surface area contributed by atoms with E-state index >= 15 is 0 Å². The average Bonchev–Trinajstić information content (AvgIpc) is 3.20. The number of aliphatic hydroxyl groups is 1. The second kappa shape index (κ2) is 8.23. The van der Waals surface area contributed by atoms with E-state index in [9.17, 15) is 18.7 Å². The van der Waals surface area contributed by atoms with E-state index in [0.717, 1.165) is 18.4 Å². The number of carbonyl (C=O) groups excluding carboxylic acids is 1. The van der Waals surface area contributed by atoms with Gasteiger partial charge in [-0.2, -0.15) is 10.1 Å². The van der Waals surface area contributed by atoms with Crippen LogP contribution in [0.1, 0.15) is 48.0 Å². The molecule has 3 aliphatic carbocycles. The smallest absolute Gasteiger partial charge is 0.254 e. The molecule has 2 spiro atoms. The molecule has 10 nitrogen and oxygen atoms in total. The minimum absolute atomic E-state index is 0.00311. The summed E-state index contributed by atoms with van der Waals surface area (Å²) in [4.78, 5) is 23.5. The molecular weight excluding hydrogens is 508 g/mol. The first kappa shape index (κ1) is 24.5. The molecule has 4 fully saturated rings. The quantitative estimate of drug-likeness (QED) is 0.418. The highest BCUT2D eigenvalue weighted by molar-refractivity contribution is 5.95. The van der Waals surface area contributed by atoms with Crippen molar-refractivity contribution in [2.24, 2.45) is 16.7 Å². The zero-order chi connectivity index (χ0) is 27.2. The number of nitrogens with one attached hydrogen (secondary N) is 1. The molecule has 1 aromatic carbocycles. The first-order chi connectivity index (χ1) is 18.6. The van der Waals surface area contributed by atoms with Gasteiger partial charge in [0.25, 0.3) is 11.8 Å². The lowest BCUT2D eigenvalue weighted by molar-refractivity contribution is -0.113. The van der Waals surface area contributed by atoms with Gasteiger partial charge >= 0.3 is 0 Å². The van der Waals surface area contributed by atoms with Crippen molar-refractivity contribution in [3.8, 4) is 5.75 Å². The molecule has 0 atom stereocenters. The van der Waals surface area contributed by atoms with Crippen LogP contribution < -0.4 is 15.8 Å². The molecule has 1 amide bonds. The molecule has 1 saturated heterocycles. The molecule has 4 aliphatic rings. The molecule has 1 aliphatic heterocycles. The summed E-state index contributed by atoms with van der Waals surface area (Å²) >= 11 is 0. The van der Waals surface area contributed by atoms with Crippen LogP contribution in [-0.2, 0) is 6.54 Å². The summed E-state index contributed by atoms with van der Waals surface area (Å²) in [5.74, 6) is -1.22. The van der Waals surface area contributed by atoms with Gasteiger partial charge in [0, 0.05) is 48.0 Å². The topological polar surface area (TPSA) is 131 Å². The Balaban J connectivity index is 1.07. The molecule has 2 aromatic heterocycles. The Morgan fingerprint density at radius 1 is 1.23 bits per heavy atom. The standard InChI is InChI=1S/C27H31F2N7O3/c1-39-20-4-16(23(38)35-13-25(14-35)7-18(37)8-25)2-3-17(20)11-36-21-19(10-32-36)33-24(30)34-22(21)31-9-15-5-26(6-15)12-27(26,28)29/h2-4,10,15,18,37H,5-9,11-14H2,1H3,(H3,30,31,33,34). The second-order valence-electron chi connectivity index (χ2n) is 12.0. The number of aliphatic hydroxyl groups excluding tert-OH is 1. The fourth-order valence-electron chi connectivity index (χ4n) is 6.97. The first-order valence-electron chi connectivity index (χ1n) is 13.3. The van der Waals surface area contributed by atoms with Gasteiger partial charge in [-0.15, -0.1) is 0 Å². The number of nitrogens with two attached hydrogens (primary N) is 1. The lowest BCUT2D eigenvalue weighted by Crippen LogP contribution is -2.64. The zero-order valence-electron chi connectivity index (χ0n) is 21.7. The molecule has 3 aromatic rings. The molecule has 3 saturated carbocycles. The number of anilines is 2. The predicted molar refractivity (Wildman–Crippen MR) is 139 cm³/mol. The van der Waals surface area contributed by atoms with Crippen LogP contribution in [-0.4, -0.2) is 74.4 Å². The van der Waals surface area contributed by atoms with Crippen molar-refractivity contribution in [1.29, 1.82) is 0 Å². The van der Waals surface area contributed by atoms with Crippen LogP contribution in [0.4, 0.5) is 20.5 Å². The van der Waals surface area contributed by atoms with Crippen molar-refractivity contribution in [2.75, 3.05) is 37.8 Å². The number of ether oxygens (including phenoxy) is 1. The Morgan fingerprint density at radius 2 is 1.97 bits per heavy atom. The molecular formula is C27H31F2N7O3. The molecule has 7 rings (SSSR count). The van der Waals surface area contributed by atoms with Crippen LogP contribution in [0, 0.1) is 16.7 Å². The van der Waals surface area contributed by atoms with Gasteiger partial charge in [0.1, 0.15) is 16.8 Å². The van der Waals surface area contributed by atoms with Gasteiger partial charge in [0.15, 0.2) is 5.82 Å². The van der Waals surface area contributed by atoms with E-state index in [1.807, 2.05) is 11.0 Å². The van der Waals surface area contributed by atoms with Gasteiger partial charge in [-0.1, -0.05) is 6.07 Å². The Hall–Kier alpha value is -3.54. The highest BCUT2D eigenvalue weighted by Gasteiger charge is 2.75. The number of nitrogens with zero attached hydrogens (tertiary/aromatic N) is 5. The van der Waals surface area contributed by atoms with E-state index in [1.54, 1.807) is 30.1 Å². The van der Waals surface area contributed by atoms with Crippen LogP contribution in [0.3, 0.4) is 0 Å². The summed E-state index contributed by atoms with van der Waals surface area (Å²) in [7, 11) is 1.56. The lowest BCUT2D eigenvalue weighted by atomic mass is 9.62. The summed E-state index contributed by atoms with van der Waals surface area (Å²) in [5.41, 5.74) is 7.85. The number of benzene rings is 1. The molecule has 12 heteroatoms. The summed E-state index contributed by atoms with van der Waals surface area (Å²) in [6, 6.07) is 5.40. The van der Waals surface area contributed by atoms with Gasteiger partial charge in [-0.3, -0.25) is 9.48 Å². The number of carbonyl (C=O) groups is 1. The largest absolute Gasteiger partial charge is 0.496 e. The van der Waals surface area contributed by atoms with E-state index in [2.05, 4.69) is 20.4 Å². The monoisotopic (exact) mass is 539 g/mol. The molecule has 39 heavy (non-hydrogen) atoms. The highest BCUT2D eigenvalue weighted by Crippen LogP contribution is 2.72. The third kappa shape index (κ3) is 3.90. The predicted octanol–water partition coefficient (Wildman–Crippen LogP) is 2.91. The Kier molecular flexibility index (Phi) is 5.17. The van der Waals surface area contributed by atoms with Gasteiger partial charge in [0.2, 0.25) is 5.95 Å². The highest BCUT2D eigenvalue weighted by atomic mass is 19.3. The third-order valence-corrected chi connectivity index (χ3v) is 9.17. The summed E-state index contributed by atoms with van der Waals surface area (Å²) in [5, 5.41) is 17.4. The maximum Gasteiger partial charge on any atom is 0.254 e. The van der Waals surface area contributed by atoms with Crippen molar-refractivity contribution in [3.63, 3.8) is 0 Å². The molecule has 0 radical (unpaired) electrons. The number of nitrogen functional groups attached to an aromatic ring is 1. The van der Waals surface area contributed by atoms with Crippen LogP contribution in [0.2, 0.25) is 0 Å². The molecule has 0 bridgehead atoms. The van der Waals surface area contributed by atoms with Crippen LogP contribution >= 0.6 is 0 Å². The summed E-state index contributed by atoms with van der Waals surface area (Å²) < 4.78 is 34.6. The number of hydrogen-bond donors (Lipinski definition) is 3. The van der Waals surface area contributed by atoms with Gasteiger partial charge in [-0.05, 0) is 43.7 Å². The fraction of sp³-hybridized carbons (Fsp3) is 0.556. The van der Waals surface area contributed by atoms with E-state index < -0.39 is 11.3 Å². The number of aromatic nitrogens is 4. The van der Waals surface area contributed by atoms with E-state index in [-0.39, 0.29) is 35.7 Å². The van der Waals surface area contributed by atoms with Crippen molar-refractivity contribution in [2.45, 2.75) is 50.7 Å². The number of hydrogen-bond acceptors (Lipinski definition) is 8. The maximum absolute atomic E-state index is 13.6. The second-order valence-corrected chi connectivity index (χ2v) is 12.0. The van der Waals surface area contributed by atoms with Crippen LogP contribution in [0.15, 0.2) is 24.4 Å². The fourth-order valence-corrected chi connectivity index (χ4v) is 6.97.